The molecule has 0 bridgehead atoms. The number of hydrogen-bond donors (Lipinski definition) is 0. The number of hydrogen-bond acceptors (Lipinski definition) is 3. The zero-order valence-electron chi connectivity index (χ0n) is 13.0. The van der Waals surface area contributed by atoms with E-state index in [0.717, 1.165) is 11.1 Å². The smallest absolute Gasteiger partial charge is 0.254 e. The van der Waals surface area contributed by atoms with Crippen molar-refractivity contribution in [2.45, 2.75) is 32.5 Å². The molecular weight excluding hydrogens is 278 g/mol. The highest BCUT2D eigenvalue weighted by Crippen LogP contribution is 2.16. The number of rotatable bonds is 3. The summed E-state index contributed by atoms with van der Waals surface area (Å²) in [7, 11) is 0. The van der Waals surface area contributed by atoms with Gasteiger partial charge in [0.05, 0.1) is 25.3 Å². The van der Waals surface area contributed by atoms with E-state index in [0.29, 0.717) is 19.7 Å². The number of benzene rings is 1. The number of morpholine rings is 1. The molecule has 22 heavy (non-hydrogen) atoms. The molecule has 2 atom stereocenters. The SMILES string of the molecule is CC1CN(C(=O)c2ccc(Cn3cccn3)cc2)C(C)CO1. The molecule has 5 nitrogen and oxygen atoms in total. The number of carbonyl (C=O) groups is 1. The fourth-order valence-electron chi connectivity index (χ4n) is 2.69. The van der Waals surface area contributed by atoms with Crippen LogP contribution in [0.5, 0.6) is 0 Å². The summed E-state index contributed by atoms with van der Waals surface area (Å²) in [5.41, 5.74) is 1.86. The van der Waals surface area contributed by atoms with Crippen LogP contribution in [0.2, 0.25) is 0 Å². The lowest BCUT2D eigenvalue weighted by Gasteiger charge is -2.36. The molecule has 0 radical (unpaired) electrons. The van der Waals surface area contributed by atoms with E-state index in [2.05, 4.69) is 5.10 Å². The van der Waals surface area contributed by atoms with Crippen molar-refractivity contribution < 1.29 is 9.53 Å². The molecule has 1 aliphatic rings. The maximum absolute atomic E-state index is 12.6. The molecule has 1 aliphatic heterocycles. The molecule has 1 aromatic heterocycles. The lowest BCUT2D eigenvalue weighted by molar-refractivity contribution is -0.0387. The second-order valence-corrected chi connectivity index (χ2v) is 5.85. The van der Waals surface area contributed by atoms with Crippen molar-refractivity contribution in [3.8, 4) is 0 Å². The van der Waals surface area contributed by atoms with Crippen molar-refractivity contribution in [1.82, 2.24) is 14.7 Å². The molecule has 2 aromatic rings. The molecule has 1 aromatic carbocycles. The van der Waals surface area contributed by atoms with Gasteiger partial charge in [0.1, 0.15) is 0 Å². The minimum atomic E-state index is 0.0771. The lowest BCUT2D eigenvalue weighted by Crippen LogP contribution is -2.50. The maximum Gasteiger partial charge on any atom is 0.254 e. The van der Waals surface area contributed by atoms with Crippen molar-refractivity contribution in [2.75, 3.05) is 13.2 Å². The molecule has 0 spiro atoms. The Bertz CT molecular complexity index is 622. The quantitative estimate of drug-likeness (QED) is 0.873. The van der Waals surface area contributed by atoms with Gasteiger partial charge in [0.15, 0.2) is 0 Å². The van der Waals surface area contributed by atoms with Crippen LogP contribution in [-0.4, -0.2) is 45.9 Å². The summed E-state index contributed by atoms with van der Waals surface area (Å²) < 4.78 is 7.44. The first-order chi connectivity index (χ1) is 10.6. The number of carbonyl (C=O) groups excluding carboxylic acids is 1. The number of nitrogens with zero attached hydrogens (tertiary/aromatic N) is 3. The van der Waals surface area contributed by atoms with Gasteiger partial charge in [-0.1, -0.05) is 12.1 Å². The third-order valence-corrected chi connectivity index (χ3v) is 3.97. The zero-order valence-corrected chi connectivity index (χ0v) is 13.0. The van der Waals surface area contributed by atoms with Gasteiger partial charge in [0.25, 0.3) is 5.91 Å². The van der Waals surface area contributed by atoms with E-state index in [-0.39, 0.29) is 18.1 Å². The topological polar surface area (TPSA) is 47.4 Å². The summed E-state index contributed by atoms with van der Waals surface area (Å²) in [5.74, 6) is 0.0771. The Labute approximate surface area is 130 Å². The highest BCUT2D eigenvalue weighted by atomic mass is 16.5. The van der Waals surface area contributed by atoms with Crippen LogP contribution in [0.15, 0.2) is 42.7 Å². The van der Waals surface area contributed by atoms with Gasteiger partial charge < -0.3 is 9.64 Å². The van der Waals surface area contributed by atoms with Crippen molar-refractivity contribution in [2.24, 2.45) is 0 Å². The van der Waals surface area contributed by atoms with Crippen molar-refractivity contribution >= 4 is 5.91 Å². The summed E-state index contributed by atoms with van der Waals surface area (Å²) in [4.78, 5) is 14.5. The Morgan fingerprint density at radius 2 is 2.09 bits per heavy atom. The Balaban J connectivity index is 1.70. The van der Waals surface area contributed by atoms with Gasteiger partial charge in [0.2, 0.25) is 0 Å². The summed E-state index contributed by atoms with van der Waals surface area (Å²) in [6.07, 6.45) is 3.79. The van der Waals surface area contributed by atoms with Gasteiger partial charge in [-0.15, -0.1) is 0 Å². The van der Waals surface area contributed by atoms with Crippen LogP contribution in [0, 0.1) is 0 Å². The molecule has 0 N–H and O–H groups in total. The third-order valence-electron chi connectivity index (χ3n) is 3.97. The number of amides is 1. The molecule has 0 aliphatic carbocycles. The highest BCUT2D eigenvalue weighted by Gasteiger charge is 2.28. The molecule has 0 saturated carbocycles. The summed E-state index contributed by atoms with van der Waals surface area (Å²) in [6.45, 7) is 5.99. The summed E-state index contributed by atoms with van der Waals surface area (Å²) in [5, 5.41) is 4.19. The van der Waals surface area contributed by atoms with Crippen LogP contribution in [0.3, 0.4) is 0 Å². The average Bonchev–Trinajstić information content (AvgIpc) is 3.03. The molecule has 1 amide bonds. The van der Waals surface area contributed by atoms with Crippen LogP contribution < -0.4 is 0 Å². The maximum atomic E-state index is 12.6. The van der Waals surface area contributed by atoms with Crippen molar-refractivity contribution in [3.05, 3.63) is 53.9 Å². The van der Waals surface area contributed by atoms with Crippen LogP contribution in [0.1, 0.15) is 29.8 Å². The van der Waals surface area contributed by atoms with E-state index in [4.69, 9.17) is 4.74 Å². The fourth-order valence-corrected chi connectivity index (χ4v) is 2.69. The minimum Gasteiger partial charge on any atom is -0.375 e. The van der Waals surface area contributed by atoms with Crippen LogP contribution in [0.25, 0.3) is 0 Å². The van der Waals surface area contributed by atoms with Gasteiger partial charge >= 0.3 is 0 Å². The van der Waals surface area contributed by atoms with E-state index in [9.17, 15) is 4.79 Å². The molecule has 5 heteroatoms. The van der Waals surface area contributed by atoms with Gasteiger partial charge in [-0.05, 0) is 37.6 Å². The molecular formula is C17H21N3O2. The van der Waals surface area contributed by atoms with Crippen molar-refractivity contribution in [3.63, 3.8) is 0 Å². The second-order valence-electron chi connectivity index (χ2n) is 5.85. The average molecular weight is 299 g/mol. The monoisotopic (exact) mass is 299 g/mol. The Hall–Kier alpha value is -2.14. The minimum absolute atomic E-state index is 0.0771. The zero-order chi connectivity index (χ0) is 15.5. The third kappa shape index (κ3) is 3.20. The van der Waals surface area contributed by atoms with E-state index in [1.165, 1.54) is 0 Å². The fraction of sp³-hybridized carbons (Fsp3) is 0.412. The second kappa shape index (κ2) is 6.32. The highest BCUT2D eigenvalue weighted by molar-refractivity contribution is 5.94. The molecule has 2 unspecified atom stereocenters. The lowest BCUT2D eigenvalue weighted by atomic mass is 10.1. The Morgan fingerprint density at radius 3 is 2.77 bits per heavy atom. The van der Waals surface area contributed by atoms with E-state index >= 15 is 0 Å². The number of aromatic nitrogens is 2. The van der Waals surface area contributed by atoms with Gasteiger partial charge in [-0.3, -0.25) is 9.48 Å². The predicted octanol–water partition coefficient (Wildman–Crippen LogP) is 2.18. The predicted molar refractivity (Wildman–Crippen MR) is 83.7 cm³/mol. The Morgan fingerprint density at radius 1 is 1.32 bits per heavy atom. The van der Waals surface area contributed by atoms with Gasteiger partial charge in [-0.2, -0.15) is 5.10 Å². The molecule has 3 rings (SSSR count). The number of ether oxygens (including phenoxy) is 1. The summed E-state index contributed by atoms with van der Waals surface area (Å²) in [6, 6.07) is 9.79. The molecule has 116 valence electrons. The van der Waals surface area contributed by atoms with Crippen LogP contribution in [0.4, 0.5) is 0 Å². The van der Waals surface area contributed by atoms with Crippen LogP contribution in [-0.2, 0) is 11.3 Å². The molecule has 1 fully saturated rings. The Kier molecular flexibility index (Phi) is 4.24. The first kappa shape index (κ1) is 14.8. The first-order valence-electron chi connectivity index (χ1n) is 7.62. The molecule has 1 saturated heterocycles. The van der Waals surface area contributed by atoms with E-state index < -0.39 is 0 Å². The molecule has 2 heterocycles. The van der Waals surface area contributed by atoms with E-state index in [1.807, 2.05) is 60.0 Å². The normalized spacial score (nSPS) is 21.8. The summed E-state index contributed by atoms with van der Waals surface area (Å²) >= 11 is 0. The largest absolute Gasteiger partial charge is 0.375 e. The van der Waals surface area contributed by atoms with Gasteiger partial charge in [-0.25, -0.2) is 0 Å². The van der Waals surface area contributed by atoms with Crippen molar-refractivity contribution in [1.29, 1.82) is 0 Å². The van der Waals surface area contributed by atoms with E-state index in [1.54, 1.807) is 6.20 Å². The van der Waals surface area contributed by atoms with Crippen LogP contribution >= 0.6 is 0 Å². The van der Waals surface area contributed by atoms with Gasteiger partial charge in [0, 0.05) is 24.5 Å². The first-order valence-corrected chi connectivity index (χ1v) is 7.62. The standard InChI is InChI=1S/C17H21N3O2/c1-13-12-22-14(2)10-20(13)17(21)16-6-4-15(5-7-16)11-19-9-3-8-18-19/h3-9,13-14H,10-12H2,1-2H3.